The van der Waals surface area contributed by atoms with Crippen molar-refractivity contribution in [1.82, 2.24) is 14.9 Å². The Morgan fingerprint density at radius 3 is 2.45 bits per heavy atom. The number of fused-ring (bicyclic) bond motifs is 2. The van der Waals surface area contributed by atoms with E-state index < -0.39 is 69.4 Å². The number of hydrogen-bond acceptors (Lipinski definition) is 8. The standard InChI is InChI=1S/C23H38N6O8S/c1-22(2)14-6-7-23(22,17(31)9-14)13-38(36,37)28-16(10-19(33)34)20(35)29(3)11-18(32)27-15(12-30)5-4-8-26-21(24)25/h12,14-16,28H,4-11,13H2,1-3H3,(H,27,32)(H,33,34)(H4,24,25,26)/t14?,15-,16-,23?/m0/s1. The molecule has 14 nitrogen and oxygen atoms in total. The zero-order valence-corrected chi connectivity index (χ0v) is 22.8. The lowest BCUT2D eigenvalue weighted by Crippen LogP contribution is -2.53. The van der Waals surface area contributed by atoms with Crippen molar-refractivity contribution in [2.24, 2.45) is 33.2 Å². The summed E-state index contributed by atoms with van der Waals surface area (Å²) in [7, 11) is -3.05. The first kappa shape index (κ1) is 31.1. The van der Waals surface area contributed by atoms with Crippen molar-refractivity contribution < 1.29 is 37.5 Å². The molecule has 0 spiro atoms. The molecule has 2 aliphatic rings. The molecule has 15 heteroatoms. The summed E-state index contributed by atoms with van der Waals surface area (Å²) in [6.07, 6.45) is 1.73. The minimum atomic E-state index is -4.26. The van der Waals surface area contributed by atoms with Crippen LogP contribution in [-0.4, -0.2) is 92.2 Å². The molecule has 2 rings (SSSR count). The zero-order chi connectivity index (χ0) is 28.9. The lowest BCUT2D eigenvalue weighted by molar-refractivity contribution is -0.142. The minimum Gasteiger partial charge on any atom is -0.481 e. The van der Waals surface area contributed by atoms with Crippen LogP contribution in [0.15, 0.2) is 4.99 Å². The summed E-state index contributed by atoms with van der Waals surface area (Å²) in [5, 5.41) is 11.7. The number of aldehydes is 1. The monoisotopic (exact) mass is 558 g/mol. The third-order valence-corrected chi connectivity index (χ3v) is 9.33. The number of guanidine groups is 1. The second-order valence-electron chi connectivity index (χ2n) is 10.6. The Labute approximate surface area is 222 Å². The van der Waals surface area contributed by atoms with Crippen LogP contribution in [0.3, 0.4) is 0 Å². The molecule has 0 aliphatic heterocycles. The molecule has 0 aromatic heterocycles. The third-order valence-electron chi connectivity index (χ3n) is 7.81. The number of Topliss-reactive ketones (excluding diaryl/α,β-unsaturated/α-hetero) is 1. The first-order valence-corrected chi connectivity index (χ1v) is 14.0. The number of nitrogens with zero attached hydrogens (tertiary/aromatic N) is 2. The van der Waals surface area contributed by atoms with E-state index in [4.69, 9.17) is 11.5 Å². The fourth-order valence-electron chi connectivity index (χ4n) is 5.55. The maximum Gasteiger partial charge on any atom is 0.305 e. The van der Waals surface area contributed by atoms with Crippen LogP contribution in [0.1, 0.15) is 52.4 Å². The number of hydrogen-bond donors (Lipinski definition) is 5. The third kappa shape index (κ3) is 7.28. The van der Waals surface area contributed by atoms with Crippen LogP contribution >= 0.6 is 0 Å². The highest BCUT2D eigenvalue weighted by Gasteiger charge is 2.65. The molecule has 2 aliphatic carbocycles. The molecule has 0 aromatic carbocycles. The number of carbonyl (C=O) groups excluding carboxylic acids is 4. The van der Waals surface area contributed by atoms with Crippen LogP contribution in [0, 0.1) is 16.7 Å². The summed E-state index contributed by atoms with van der Waals surface area (Å²) < 4.78 is 28.4. The second-order valence-corrected chi connectivity index (χ2v) is 12.4. The van der Waals surface area contributed by atoms with Gasteiger partial charge in [0, 0.05) is 25.4 Å². The number of carboxylic acid groups (broad SMARTS) is 1. The Hall–Kier alpha value is -3.07. The van der Waals surface area contributed by atoms with Crippen LogP contribution in [0.2, 0.25) is 0 Å². The largest absolute Gasteiger partial charge is 0.481 e. The lowest BCUT2D eigenvalue weighted by Gasteiger charge is -2.36. The number of aliphatic carboxylic acids is 1. The van der Waals surface area contributed by atoms with Crippen LogP contribution in [0.4, 0.5) is 0 Å². The highest BCUT2D eigenvalue weighted by Crippen LogP contribution is 2.64. The molecule has 0 saturated heterocycles. The van der Waals surface area contributed by atoms with Crippen molar-refractivity contribution in [2.45, 2.75) is 64.5 Å². The van der Waals surface area contributed by atoms with Gasteiger partial charge in [0.25, 0.3) is 0 Å². The SMILES string of the molecule is CN(CC(=O)N[C@H](C=O)CCCN=C(N)N)C(=O)[C@H](CC(=O)O)NS(=O)(=O)CC12CCC(CC1=O)C2(C)C. The Morgan fingerprint density at radius 2 is 1.95 bits per heavy atom. The fourth-order valence-corrected chi connectivity index (χ4v) is 7.58. The predicted octanol–water partition coefficient (Wildman–Crippen LogP) is -1.66. The maximum atomic E-state index is 13.1. The molecular weight excluding hydrogens is 520 g/mol. The van der Waals surface area contributed by atoms with E-state index >= 15 is 0 Å². The molecule has 0 heterocycles. The van der Waals surface area contributed by atoms with Crippen molar-refractivity contribution in [2.75, 3.05) is 25.9 Å². The fraction of sp³-hybridized carbons (Fsp3) is 0.739. The van der Waals surface area contributed by atoms with Crippen molar-refractivity contribution in [3.63, 3.8) is 0 Å². The van der Waals surface area contributed by atoms with E-state index in [1.54, 1.807) is 0 Å². The average Bonchev–Trinajstić information content (AvgIpc) is 3.13. The van der Waals surface area contributed by atoms with Crippen molar-refractivity contribution in [3.8, 4) is 0 Å². The Balaban J connectivity index is 2.04. The molecule has 2 saturated carbocycles. The van der Waals surface area contributed by atoms with Crippen LogP contribution in [0.25, 0.3) is 0 Å². The molecule has 2 unspecified atom stereocenters. The van der Waals surface area contributed by atoms with Gasteiger partial charge in [0.1, 0.15) is 18.1 Å². The smallest absolute Gasteiger partial charge is 0.305 e. The number of amides is 2. The summed E-state index contributed by atoms with van der Waals surface area (Å²) in [4.78, 5) is 65.5. The molecule has 2 bridgehead atoms. The summed E-state index contributed by atoms with van der Waals surface area (Å²) in [6, 6.07) is -2.56. The second kappa shape index (κ2) is 12.2. The van der Waals surface area contributed by atoms with E-state index in [2.05, 4.69) is 15.0 Å². The Morgan fingerprint density at radius 1 is 1.29 bits per heavy atom. The molecule has 2 amide bonds. The van der Waals surface area contributed by atoms with Gasteiger partial charge in [-0.2, -0.15) is 0 Å². The van der Waals surface area contributed by atoms with Gasteiger partial charge in [-0.1, -0.05) is 13.8 Å². The van der Waals surface area contributed by atoms with Gasteiger partial charge in [0.15, 0.2) is 5.96 Å². The molecule has 2 fully saturated rings. The van der Waals surface area contributed by atoms with Crippen LogP contribution < -0.4 is 21.5 Å². The van der Waals surface area contributed by atoms with Gasteiger partial charge in [-0.3, -0.25) is 24.2 Å². The molecule has 0 radical (unpaired) electrons. The maximum absolute atomic E-state index is 13.1. The van der Waals surface area contributed by atoms with Gasteiger partial charge in [0.05, 0.1) is 24.8 Å². The number of rotatable bonds is 15. The van der Waals surface area contributed by atoms with E-state index in [1.165, 1.54) is 7.05 Å². The van der Waals surface area contributed by atoms with Crippen LogP contribution in [-0.2, 0) is 34.0 Å². The number of likely N-dealkylation sites (N-methyl/N-ethyl adjacent to an activating group) is 1. The van der Waals surface area contributed by atoms with Gasteiger partial charge in [0.2, 0.25) is 21.8 Å². The summed E-state index contributed by atoms with van der Waals surface area (Å²) in [5.74, 6) is -3.78. The Kier molecular flexibility index (Phi) is 10.00. The number of aliphatic imine (C=N–C) groups is 1. The molecule has 7 N–H and O–H groups in total. The minimum absolute atomic E-state index is 0.0769. The quantitative estimate of drug-likeness (QED) is 0.0664. The zero-order valence-electron chi connectivity index (χ0n) is 21.9. The van der Waals surface area contributed by atoms with E-state index in [1.807, 2.05) is 13.8 Å². The first-order valence-electron chi connectivity index (χ1n) is 12.3. The summed E-state index contributed by atoms with van der Waals surface area (Å²) >= 11 is 0. The highest BCUT2D eigenvalue weighted by atomic mass is 32.2. The first-order chi connectivity index (χ1) is 17.5. The highest BCUT2D eigenvalue weighted by molar-refractivity contribution is 7.89. The summed E-state index contributed by atoms with van der Waals surface area (Å²) in [5.41, 5.74) is 8.81. The van der Waals surface area contributed by atoms with E-state index in [9.17, 15) is 37.5 Å². The number of carbonyl (C=O) groups is 5. The summed E-state index contributed by atoms with van der Waals surface area (Å²) in [6.45, 7) is 3.43. The van der Waals surface area contributed by atoms with Gasteiger partial charge >= 0.3 is 5.97 Å². The van der Waals surface area contributed by atoms with Gasteiger partial charge in [-0.15, -0.1) is 0 Å². The molecular formula is C23H38N6O8S. The van der Waals surface area contributed by atoms with Crippen LogP contribution in [0.5, 0.6) is 0 Å². The van der Waals surface area contributed by atoms with Gasteiger partial charge < -0.3 is 31.6 Å². The number of nitrogens with one attached hydrogen (secondary N) is 2. The molecule has 38 heavy (non-hydrogen) atoms. The number of ketones is 1. The number of nitrogens with two attached hydrogens (primary N) is 2. The Bertz CT molecular complexity index is 1090. The van der Waals surface area contributed by atoms with Gasteiger partial charge in [-0.25, -0.2) is 13.1 Å². The van der Waals surface area contributed by atoms with Crippen molar-refractivity contribution in [1.29, 1.82) is 0 Å². The lowest BCUT2D eigenvalue weighted by atomic mass is 9.70. The molecule has 0 aromatic rings. The normalized spacial score (nSPS) is 23.3. The average molecular weight is 559 g/mol. The van der Waals surface area contributed by atoms with Crippen molar-refractivity contribution >= 4 is 45.8 Å². The predicted molar refractivity (Wildman–Crippen MR) is 137 cm³/mol. The number of sulfonamides is 1. The van der Waals surface area contributed by atoms with E-state index in [-0.39, 0.29) is 30.6 Å². The van der Waals surface area contributed by atoms with E-state index in [0.717, 1.165) is 11.3 Å². The van der Waals surface area contributed by atoms with Crippen molar-refractivity contribution in [3.05, 3.63) is 0 Å². The van der Waals surface area contributed by atoms with Gasteiger partial charge in [-0.05, 0) is 37.0 Å². The topological polar surface area (TPSA) is 231 Å². The number of carboxylic acids is 1. The molecule has 4 atom stereocenters. The van der Waals surface area contributed by atoms with E-state index in [0.29, 0.717) is 25.5 Å². The molecule has 214 valence electrons.